The number of nitrogens with one attached hydrogen (secondary N) is 1. The van der Waals surface area contributed by atoms with Crippen molar-refractivity contribution in [2.24, 2.45) is 36.5 Å². The smallest absolute Gasteiger partial charge is 0.307 e. The molecule has 3 rings (SSSR count). The van der Waals surface area contributed by atoms with Gasteiger partial charge in [-0.2, -0.15) is 5.10 Å². The van der Waals surface area contributed by atoms with E-state index in [1.807, 2.05) is 12.2 Å². The molecular weight excluding hydrogens is 288 g/mol. The SMILES string of the molecule is Cn1ncc(NC(=O)[C@H]2[C@@H](C(=O)O)[C@H]3C=C[C@@H]2C3)c1C(N)=O. The van der Waals surface area contributed by atoms with Crippen molar-refractivity contribution in [1.29, 1.82) is 0 Å². The summed E-state index contributed by atoms with van der Waals surface area (Å²) in [6.45, 7) is 0. The highest BCUT2D eigenvalue weighted by Crippen LogP contribution is 2.48. The Morgan fingerprint density at radius 3 is 2.55 bits per heavy atom. The standard InChI is InChI=1S/C14H16N4O4/c1-18-11(12(15)19)8(5-16-18)17-13(20)9-6-2-3-7(4-6)10(9)14(21)22/h2-3,5-7,9-10H,4H2,1H3,(H2,15,19)(H,17,20)(H,21,22)/t6-,7+,9-,10+/m1/s1. The number of aliphatic carboxylic acids is 1. The maximum atomic E-state index is 12.5. The van der Waals surface area contributed by atoms with Crippen LogP contribution < -0.4 is 11.1 Å². The lowest BCUT2D eigenvalue weighted by atomic mass is 9.82. The van der Waals surface area contributed by atoms with Gasteiger partial charge in [-0.05, 0) is 18.3 Å². The first-order chi connectivity index (χ1) is 10.4. The number of aryl methyl sites for hydroxylation is 1. The second-order valence-electron chi connectivity index (χ2n) is 5.72. The normalized spacial score (nSPS) is 28.8. The van der Waals surface area contributed by atoms with Crippen LogP contribution in [0, 0.1) is 23.7 Å². The highest BCUT2D eigenvalue weighted by atomic mass is 16.4. The van der Waals surface area contributed by atoms with Crippen LogP contribution in [-0.2, 0) is 16.6 Å². The number of nitrogens with zero attached hydrogens (tertiary/aromatic N) is 2. The lowest BCUT2D eigenvalue weighted by Crippen LogP contribution is -2.36. The van der Waals surface area contributed by atoms with E-state index in [1.165, 1.54) is 17.9 Å². The van der Waals surface area contributed by atoms with Gasteiger partial charge >= 0.3 is 5.97 Å². The zero-order valence-corrected chi connectivity index (χ0v) is 11.9. The van der Waals surface area contributed by atoms with E-state index in [2.05, 4.69) is 10.4 Å². The number of fused-ring (bicyclic) bond motifs is 2. The number of carboxylic acids is 1. The van der Waals surface area contributed by atoms with Gasteiger partial charge in [0, 0.05) is 7.05 Å². The molecule has 0 aromatic carbocycles. The van der Waals surface area contributed by atoms with E-state index >= 15 is 0 Å². The van der Waals surface area contributed by atoms with E-state index in [0.29, 0.717) is 6.42 Å². The average Bonchev–Trinajstić information content (AvgIpc) is 3.12. The van der Waals surface area contributed by atoms with Gasteiger partial charge in [-0.25, -0.2) is 0 Å². The summed E-state index contributed by atoms with van der Waals surface area (Å²) in [4.78, 5) is 35.4. The molecule has 2 aliphatic carbocycles. The molecule has 8 nitrogen and oxygen atoms in total. The summed E-state index contributed by atoms with van der Waals surface area (Å²) in [5, 5.41) is 15.9. The highest BCUT2D eigenvalue weighted by molar-refractivity contribution is 6.03. The predicted octanol–water partition coefficient (Wildman–Crippen LogP) is -0.0196. The van der Waals surface area contributed by atoms with Crippen molar-refractivity contribution < 1.29 is 19.5 Å². The zero-order valence-electron chi connectivity index (χ0n) is 11.9. The monoisotopic (exact) mass is 304 g/mol. The summed E-state index contributed by atoms with van der Waals surface area (Å²) < 4.78 is 1.27. The molecule has 1 aromatic heterocycles. The highest BCUT2D eigenvalue weighted by Gasteiger charge is 2.51. The number of nitrogens with two attached hydrogens (primary N) is 1. The Morgan fingerprint density at radius 1 is 1.32 bits per heavy atom. The summed E-state index contributed by atoms with van der Waals surface area (Å²) in [6.07, 6.45) is 5.76. The zero-order chi connectivity index (χ0) is 16.0. The first-order valence-corrected chi connectivity index (χ1v) is 6.94. The summed E-state index contributed by atoms with van der Waals surface area (Å²) in [7, 11) is 1.54. The molecule has 4 N–H and O–H groups in total. The van der Waals surface area contributed by atoms with Gasteiger partial charge < -0.3 is 16.2 Å². The largest absolute Gasteiger partial charge is 0.481 e. The second-order valence-corrected chi connectivity index (χ2v) is 5.72. The number of hydrogen-bond donors (Lipinski definition) is 3. The molecule has 116 valence electrons. The van der Waals surface area contributed by atoms with E-state index < -0.39 is 29.6 Å². The number of primary amides is 1. The lowest BCUT2D eigenvalue weighted by Gasteiger charge is -2.23. The molecule has 0 saturated heterocycles. The van der Waals surface area contributed by atoms with Gasteiger partial charge in [0.05, 0.1) is 23.7 Å². The van der Waals surface area contributed by atoms with E-state index in [4.69, 9.17) is 5.73 Å². The lowest BCUT2D eigenvalue weighted by molar-refractivity contribution is -0.146. The van der Waals surface area contributed by atoms with Crippen LogP contribution >= 0.6 is 0 Å². The van der Waals surface area contributed by atoms with E-state index in [0.717, 1.165) is 0 Å². The van der Waals surface area contributed by atoms with Gasteiger partial charge in [0.15, 0.2) is 0 Å². The maximum Gasteiger partial charge on any atom is 0.307 e. The Morgan fingerprint density at radius 2 is 1.95 bits per heavy atom. The molecule has 1 saturated carbocycles. The van der Waals surface area contributed by atoms with Crippen molar-refractivity contribution in [3.63, 3.8) is 0 Å². The fourth-order valence-electron chi connectivity index (χ4n) is 3.55. The van der Waals surface area contributed by atoms with Crippen LogP contribution in [0.2, 0.25) is 0 Å². The number of carboxylic acid groups (broad SMARTS) is 1. The Labute approximate surface area is 126 Å². The fraction of sp³-hybridized carbons (Fsp3) is 0.429. The summed E-state index contributed by atoms with van der Waals surface area (Å²) >= 11 is 0. The summed E-state index contributed by atoms with van der Waals surface area (Å²) in [5.74, 6) is -3.67. The molecule has 0 spiro atoms. The van der Waals surface area contributed by atoms with Crippen LogP contribution in [0.15, 0.2) is 18.3 Å². The molecule has 2 aliphatic rings. The van der Waals surface area contributed by atoms with Crippen molar-refractivity contribution >= 4 is 23.5 Å². The van der Waals surface area contributed by atoms with Crippen molar-refractivity contribution in [3.05, 3.63) is 24.0 Å². The predicted molar refractivity (Wildman–Crippen MR) is 75.7 cm³/mol. The number of hydrogen-bond acceptors (Lipinski definition) is 4. The Kier molecular flexibility index (Phi) is 3.23. The summed E-state index contributed by atoms with van der Waals surface area (Å²) in [5.41, 5.74) is 5.56. The molecule has 0 radical (unpaired) electrons. The fourth-order valence-corrected chi connectivity index (χ4v) is 3.55. The average molecular weight is 304 g/mol. The Balaban J connectivity index is 1.85. The first kappa shape index (κ1) is 14.3. The minimum absolute atomic E-state index is 0.0823. The third-order valence-electron chi connectivity index (χ3n) is 4.48. The third kappa shape index (κ3) is 2.07. The van der Waals surface area contributed by atoms with Gasteiger partial charge in [0.1, 0.15) is 5.69 Å². The van der Waals surface area contributed by atoms with Crippen LogP contribution in [0.5, 0.6) is 0 Å². The van der Waals surface area contributed by atoms with Gasteiger partial charge in [-0.1, -0.05) is 12.2 Å². The van der Waals surface area contributed by atoms with Gasteiger partial charge in [0.2, 0.25) is 5.91 Å². The minimum Gasteiger partial charge on any atom is -0.481 e. The Hall–Kier alpha value is -2.64. The summed E-state index contributed by atoms with van der Waals surface area (Å²) in [6, 6.07) is 0. The molecule has 1 fully saturated rings. The minimum atomic E-state index is -0.974. The van der Waals surface area contributed by atoms with Crippen LogP contribution in [0.4, 0.5) is 5.69 Å². The number of amides is 2. The molecule has 0 unspecified atom stereocenters. The molecular formula is C14H16N4O4. The molecule has 22 heavy (non-hydrogen) atoms. The van der Waals surface area contributed by atoms with Crippen molar-refractivity contribution in [2.45, 2.75) is 6.42 Å². The number of rotatable bonds is 4. The third-order valence-corrected chi connectivity index (χ3v) is 4.48. The molecule has 1 heterocycles. The van der Waals surface area contributed by atoms with E-state index in [9.17, 15) is 19.5 Å². The van der Waals surface area contributed by atoms with Crippen LogP contribution in [0.25, 0.3) is 0 Å². The molecule has 4 atom stereocenters. The first-order valence-electron chi connectivity index (χ1n) is 6.94. The van der Waals surface area contributed by atoms with Crippen molar-refractivity contribution in [3.8, 4) is 0 Å². The van der Waals surface area contributed by atoms with Crippen LogP contribution in [-0.4, -0.2) is 32.7 Å². The molecule has 2 bridgehead atoms. The number of carbonyl (C=O) groups is 3. The quantitative estimate of drug-likeness (QED) is 0.674. The number of aromatic nitrogens is 2. The van der Waals surface area contributed by atoms with Gasteiger partial charge in [0.25, 0.3) is 5.91 Å². The topological polar surface area (TPSA) is 127 Å². The van der Waals surface area contributed by atoms with Crippen molar-refractivity contribution in [1.82, 2.24) is 9.78 Å². The van der Waals surface area contributed by atoms with Crippen molar-refractivity contribution in [2.75, 3.05) is 5.32 Å². The molecule has 8 heteroatoms. The van der Waals surface area contributed by atoms with Gasteiger partial charge in [-0.15, -0.1) is 0 Å². The van der Waals surface area contributed by atoms with Crippen LogP contribution in [0.3, 0.4) is 0 Å². The second kappa shape index (κ2) is 4.97. The molecule has 2 amide bonds. The number of anilines is 1. The van der Waals surface area contributed by atoms with E-state index in [1.54, 1.807) is 0 Å². The van der Waals surface area contributed by atoms with E-state index in [-0.39, 0.29) is 23.2 Å². The van der Waals surface area contributed by atoms with Crippen LogP contribution in [0.1, 0.15) is 16.9 Å². The number of allylic oxidation sites excluding steroid dienone is 2. The van der Waals surface area contributed by atoms with Gasteiger partial charge in [-0.3, -0.25) is 19.1 Å². The number of carbonyl (C=O) groups excluding carboxylic acids is 2. The Bertz CT molecular complexity index is 693. The molecule has 1 aromatic rings. The maximum absolute atomic E-state index is 12.5. The molecule has 0 aliphatic heterocycles.